The van der Waals surface area contributed by atoms with Gasteiger partial charge >= 0.3 is 21.6 Å². The van der Waals surface area contributed by atoms with Gasteiger partial charge in [-0.3, -0.25) is 22.6 Å². The van der Waals surface area contributed by atoms with Crippen LogP contribution in [0.1, 0.15) is 22.3 Å². The molecule has 0 radical (unpaired) electrons. The molecule has 0 aliphatic heterocycles. The maximum Gasteiger partial charge on any atom is 0.530 e. The van der Waals surface area contributed by atoms with Crippen molar-refractivity contribution in [2.75, 3.05) is 7.11 Å². The summed E-state index contributed by atoms with van der Waals surface area (Å²) in [6, 6.07) is 37.8. The van der Waals surface area contributed by atoms with Crippen molar-refractivity contribution in [3.8, 4) is 11.5 Å². The number of carboxylic acid groups (broad SMARTS) is 1. The molecule has 1 unspecified atom stereocenters. The fraction of sp³-hybridized carbons (Fsp3) is 0.162. The molecule has 284 valence electrons. The minimum atomic E-state index is -4.82. The quantitative estimate of drug-likeness (QED) is 0.0541. The van der Waals surface area contributed by atoms with E-state index in [1.165, 1.54) is 13.2 Å². The molecule has 17 heteroatoms. The second-order valence-electron chi connectivity index (χ2n) is 11.3. The number of hydrogen-bond acceptors (Lipinski definition) is 12. The van der Waals surface area contributed by atoms with E-state index in [1.54, 1.807) is 121 Å². The van der Waals surface area contributed by atoms with Gasteiger partial charge < -0.3 is 14.4 Å². The molecule has 5 aromatic carbocycles. The Morgan fingerprint density at radius 2 is 1.00 bits per heavy atom. The van der Waals surface area contributed by atoms with E-state index in [0.717, 1.165) is 12.1 Å². The number of phosphoric ester groups is 2. The van der Waals surface area contributed by atoms with Crippen LogP contribution in [0, 0.1) is 0 Å². The van der Waals surface area contributed by atoms with Gasteiger partial charge in [0.1, 0.15) is 0 Å². The summed E-state index contributed by atoms with van der Waals surface area (Å²) in [7, 11) is -12.8. The standard InChI is InChI=1S/C37H37NO13P2S/c1-45-34-23-22-33(24-35(34)50-52(41,46-25-29-14-6-2-7-15-29)47-26-30-16-8-3-9-17-30)54(43,44)38-36(37(39)40)51-53(42,48-27-31-18-10-4-11-19-31)49-28-32-20-12-5-13-21-32/h2-24,36,38H,25-28H2,1H3,(H,39,40). The lowest BCUT2D eigenvalue weighted by Gasteiger charge is -2.23. The van der Waals surface area contributed by atoms with Gasteiger partial charge in [-0.2, -0.15) is 4.72 Å². The van der Waals surface area contributed by atoms with Gasteiger partial charge in [0, 0.05) is 6.07 Å². The molecule has 5 aromatic rings. The van der Waals surface area contributed by atoms with E-state index >= 15 is 0 Å². The highest BCUT2D eigenvalue weighted by atomic mass is 32.2. The predicted octanol–water partition coefficient (Wildman–Crippen LogP) is 7.86. The first-order chi connectivity index (χ1) is 26.0. The van der Waals surface area contributed by atoms with E-state index in [4.69, 9.17) is 31.9 Å². The van der Waals surface area contributed by atoms with Crippen molar-refractivity contribution in [2.24, 2.45) is 0 Å². The van der Waals surface area contributed by atoms with Crippen molar-refractivity contribution < 1.29 is 59.3 Å². The van der Waals surface area contributed by atoms with Gasteiger partial charge in [0.15, 0.2) is 11.5 Å². The number of nitrogens with one attached hydrogen (secondary N) is 1. The van der Waals surface area contributed by atoms with Crippen LogP contribution in [0.25, 0.3) is 0 Å². The largest absolute Gasteiger partial charge is 0.530 e. The highest BCUT2D eigenvalue weighted by Crippen LogP contribution is 2.54. The average Bonchev–Trinajstić information content (AvgIpc) is 3.19. The van der Waals surface area contributed by atoms with Crippen LogP contribution in [0.3, 0.4) is 0 Å². The van der Waals surface area contributed by atoms with Crippen LogP contribution in [-0.4, -0.2) is 32.8 Å². The van der Waals surface area contributed by atoms with Crippen LogP contribution in [0.5, 0.6) is 11.5 Å². The molecule has 0 bridgehead atoms. The number of carboxylic acids is 1. The van der Waals surface area contributed by atoms with Gasteiger partial charge in [-0.05, 0) is 34.4 Å². The minimum absolute atomic E-state index is 0.0556. The monoisotopic (exact) mass is 797 g/mol. The summed E-state index contributed by atoms with van der Waals surface area (Å²) in [6.07, 6.45) is -2.46. The number of rotatable bonds is 21. The highest BCUT2D eigenvalue weighted by Gasteiger charge is 2.38. The van der Waals surface area contributed by atoms with Crippen LogP contribution in [0.15, 0.2) is 144 Å². The van der Waals surface area contributed by atoms with Crippen molar-refractivity contribution in [1.82, 2.24) is 4.72 Å². The predicted molar refractivity (Wildman–Crippen MR) is 197 cm³/mol. The fourth-order valence-electron chi connectivity index (χ4n) is 4.57. The molecule has 1 atom stereocenters. The Hall–Kier alpha value is -4.66. The van der Waals surface area contributed by atoms with E-state index < -0.39 is 42.8 Å². The van der Waals surface area contributed by atoms with Gasteiger partial charge in [-0.25, -0.2) is 22.3 Å². The van der Waals surface area contributed by atoms with Crippen LogP contribution in [-0.2, 0) is 73.0 Å². The Bertz CT molecular complexity index is 2070. The van der Waals surface area contributed by atoms with Crippen molar-refractivity contribution in [2.45, 2.75) is 37.6 Å². The van der Waals surface area contributed by atoms with Gasteiger partial charge in [-0.15, -0.1) is 0 Å². The summed E-state index contributed by atoms with van der Waals surface area (Å²) >= 11 is 0. The number of sulfonamides is 1. The number of hydrogen-bond donors (Lipinski definition) is 2. The van der Waals surface area contributed by atoms with E-state index in [0.29, 0.717) is 22.3 Å². The Kier molecular flexibility index (Phi) is 14.3. The van der Waals surface area contributed by atoms with E-state index in [2.05, 4.69) is 0 Å². The molecular formula is C37H37NO13P2S. The van der Waals surface area contributed by atoms with Crippen molar-refractivity contribution in [3.05, 3.63) is 162 Å². The summed E-state index contributed by atoms with van der Waals surface area (Å²) in [5.41, 5.74) is 2.41. The Morgan fingerprint density at radius 3 is 1.37 bits per heavy atom. The topological polar surface area (TPSA) is 182 Å². The molecule has 0 fully saturated rings. The van der Waals surface area contributed by atoms with Crippen molar-refractivity contribution >= 4 is 31.6 Å². The third-order valence-electron chi connectivity index (χ3n) is 7.31. The second-order valence-corrected chi connectivity index (χ2v) is 16.2. The highest BCUT2D eigenvalue weighted by molar-refractivity contribution is 7.89. The maximum absolute atomic E-state index is 14.1. The third kappa shape index (κ3) is 12.2. The molecule has 0 spiro atoms. The van der Waals surface area contributed by atoms with Crippen LogP contribution >= 0.6 is 15.6 Å². The Morgan fingerprint density at radius 1 is 0.611 bits per heavy atom. The number of phosphoric acid groups is 2. The number of methoxy groups -OCH3 is 1. The van der Waals surface area contributed by atoms with Crippen LogP contribution in [0.4, 0.5) is 0 Å². The van der Waals surface area contributed by atoms with Crippen molar-refractivity contribution in [3.63, 3.8) is 0 Å². The van der Waals surface area contributed by atoms with E-state index in [-0.39, 0.29) is 37.9 Å². The summed E-state index contributed by atoms with van der Waals surface area (Å²) in [5.74, 6) is -2.29. The van der Waals surface area contributed by atoms with Crippen LogP contribution < -0.4 is 14.0 Å². The molecule has 0 amide bonds. The number of carbonyl (C=O) groups is 1. The van der Waals surface area contributed by atoms with Gasteiger partial charge in [0.2, 0.25) is 16.3 Å². The molecule has 0 aromatic heterocycles. The molecule has 5 rings (SSSR count). The lowest BCUT2D eigenvalue weighted by atomic mass is 10.2. The Balaban J connectivity index is 1.38. The fourth-order valence-corrected chi connectivity index (χ4v) is 8.11. The molecule has 2 N–H and O–H groups in total. The zero-order valence-corrected chi connectivity index (χ0v) is 31.4. The van der Waals surface area contributed by atoms with Gasteiger partial charge in [0.05, 0.1) is 38.4 Å². The summed E-state index contributed by atoms with van der Waals surface area (Å²) in [6.45, 7) is -1.01. The van der Waals surface area contributed by atoms with Gasteiger partial charge in [0.25, 0.3) is 0 Å². The zero-order valence-electron chi connectivity index (χ0n) is 28.8. The van der Waals surface area contributed by atoms with E-state index in [1.807, 2.05) is 4.72 Å². The molecule has 14 nitrogen and oxygen atoms in total. The summed E-state index contributed by atoms with van der Waals surface area (Å²) in [5, 5.41) is 10.0. The van der Waals surface area contributed by atoms with E-state index in [9.17, 15) is 27.4 Å². The summed E-state index contributed by atoms with van der Waals surface area (Å²) in [4.78, 5) is 11.8. The maximum atomic E-state index is 14.1. The minimum Gasteiger partial charge on any atom is -0.493 e. The first-order valence-corrected chi connectivity index (χ1v) is 20.6. The molecule has 0 aliphatic rings. The first kappa shape index (κ1) is 40.5. The first-order valence-electron chi connectivity index (χ1n) is 16.2. The SMILES string of the molecule is COc1ccc(S(=O)(=O)NC(OP(=O)(OCc2ccccc2)OCc2ccccc2)C(=O)O)cc1OP(=O)(OCc1ccccc1)OCc1ccccc1. The lowest BCUT2D eigenvalue weighted by molar-refractivity contribution is -0.147. The third-order valence-corrected chi connectivity index (χ3v) is 11.4. The van der Waals surface area contributed by atoms with Crippen molar-refractivity contribution in [1.29, 1.82) is 0 Å². The second kappa shape index (κ2) is 19.1. The lowest BCUT2D eigenvalue weighted by Crippen LogP contribution is -2.42. The molecular weight excluding hydrogens is 760 g/mol. The molecule has 0 saturated carbocycles. The zero-order chi connectivity index (χ0) is 38.4. The van der Waals surface area contributed by atoms with Gasteiger partial charge in [-0.1, -0.05) is 121 Å². The average molecular weight is 798 g/mol. The molecule has 0 saturated heterocycles. The summed E-state index contributed by atoms with van der Waals surface area (Å²) < 4.78 is 95.8. The number of aliphatic carboxylic acids is 1. The normalized spacial score (nSPS) is 12.5. The molecule has 54 heavy (non-hydrogen) atoms. The Labute approximate surface area is 312 Å². The molecule has 0 aliphatic carbocycles. The smallest absolute Gasteiger partial charge is 0.493 e. The molecule has 0 heterocycles. The number of ether oxygens (including phenoxy) is 1. The van der Waals surface area contributed by atoms with Crippen LogP contribution in [0.2, 0.25) is 0 Å². The number of benzene rings is 5.